The number of nitrogens with one attached hydrogen (secondary N) is 1. The van der Waals surface area contributed by atoms with E-state index in [1.165, 1.54) is 32.1 Å². The fraction of sp³-hybridized carbons (Fsp3) is 0.650. The average molecular weight is 330 g/mol. The highest BCUT2D eigenvalue weighted by Gasteiger charge is 2.31. The van der Waals surface area contributed by atoms with Crippen molar-refractivity contribution in [2.45, 2.75) is 64.1 Å². The fourth-order valence-corrected chi connectivity index (χ4v) is 3.77. The van der Waals surface area contributed by atoms with Crippen LogP contribution in [0.25, 0.3) is 0 Å². The summed E-state index contributed by atoms with van der Waals surface area (Å²) in [6.45, 7) is 3.53. The summed E-state index contributed by atoms with van der Waals surface area (Å²) in [5.41, 5.74) is 1.16. The summed E-state index contributed by atoms with van der Waals surface area (Å²) in [4.78, 5) is 14.9. The van der Waals surface area contributed by atoms with Crippen molar-refractivity contribution in [1.29, 1.82) is 0 Å². The summed E-state index contributed by atoms with van der Waals surface area (Å²) in [5.74, 6) is 1.69. The van der Waals surface area contributed by atoms with Crippen LogP contribution in [-0.4, -0.2) is 36.5 Å². The van der Waals surface area contributed by atoms with E-state index in [2.05, 4.69) is 23.2 Å². The maximum Gasteiger partial charge on any atom is 0.234 e. The monoisotopic (exact) mass is 330 g/mol. The van der Waals surface area contributed by atoms with E-state index in [4.69, 9.17) is 4.74 Å². The van der Waals surface area contributed by atoms with E-state index in [-0.39, 0.29) is 5.91 Å². The van der Waals surface area contributed by atoms with Crippen molar-refractivity contribution in [3.63, 3.8) is 0 Å². The summed E-state index contributed by atoms with van der Waals surface area (Å²) < 4.78 is 5.46. The van der Waals surface area contributed by atoms with E-state index in [9.17, 15) is 4.79 Å². The molecule has 2 saturated carbocycles. The number of carbonyl (C=O) groups is 1. The quantitative estimate of drug-likeness (QED) is 0.833. The lowest BCUT2D eigenvalue weighted by Crippen LogP contribution is -2.46. The van der Waals surface area contributed by atoms with E-state index in [0.717, 1.165) is 24.3 Å². The van der Waals surface area contributed by atoms with Gasteiger partial charge in [-0.1, -0.05) is 38.0 Å². The van der Waals surface area contributed by atoms with Gasteiger partial charge in [0.15, 0.2) is 0 Å². The van der Waals surface area contributed by atoms with Crippen molar-refractivity contribution in [2.75, 3.05) is 13.7 Å². The molecule has 2 aliphatic carbocycles. The van der Waals surface area contributed by atoms with Crippen molar-refractivity contribution < 1.29 is 9.53 Å². The Bertz CT molecular complexity index is 556. The molecule has 2 fully saturated rings. The normalized spacial score (nSPS) is 24.0. The molecule has 1 amide bonds. The molecule has 2 unspecified atom stereocenters. The van der Waals surface area contributed by atoms with Gasteiger partial charge in [-0.2, -0.15) is 0 Å². The first-order valence-corrected chi connectivity index (χ1v) is 9.32. The van der Waals surface area contributed by atoms with Crippen LogP contribution in [0.5, 0.6) is 5.75 Å². The molecule has 0 bridgehead atoms. The minimum absolute atomic E-state index is 0.176. The number of para-hydroxylation sites is 1. The third-order valence-electron chi connectivity index (χ3n) is 5.43. The Morgan fingerprint density at radius 3 is 2.67 bits per heavy atom. The summed E-state index contributed by atoms with van der Waals surface area (Å²) in [6.07, 6.45) is 7.30. The van der Waals surface area contributed by atoms with Crippen molar-refractivity contribution in [1.82, 2.24) is 10.2 Å². The number of carbonyl (C=O) groups excluding carboxylic acids is 1. The van der Waals surface area contributed by atoms with E-state index in [1.807, 2.05) is 18.2 Å². The van der Waals surface area contributed by atoms with Crippen molar-refractivity contribution >= 4 is 5.91 Å². The minimum atomic E-state index is 0.176. The van der Waals surface area contributed by atoms with Gasteiger partial charge in [0, 0.05) is 24.2 Å². The second kappa shape index (κ2) is 8.02. The molecule has 0 spiro atoms. The Kier molecular flexibility index (Phi) is 5.77. The molecule has 24 heavy (non-hydrogen) atoms. The predicted octanol–water partition coefficient (Wildman–Crippen LogP) is 3.35. The Labute approximate surface area is 145 Å². The number of benzene rings is 1. The second-order valence-corrected chi connectivity index (χ2v) is 7.38. The van der Waals surface area contributed by atoms with Crippen molar-refractivity contribution in [3.05, 3.63) is 29.8 Å². The van der Waals surface area contributed by atoms with Crippen LogP contribution in [0.4, 0.5) is 0 Å². The Morgan fingerprint density at radius 1 is 1.21 bits per heavy atom. The molecule has 1 aromatic carbocycles. The van der Waals surface area contributed by atoms with E-state index in [1.54, 1.807) is 7.11 Å². The van der Waals surface area contributed by atoms with Gasteiger partial charge < -0.3 is 10.1 Å². The Morgan fingerprint density at radius 2 is 1.96 bits per heavy atom. The average Bonchev–Trinajstić information content (AvgIpc) is 3.42. The lowest BCUT2D eigenvalue weighted by atomic mass is 9.86. The largest absolute Gasteiger partial charge is 0.496 e. The summed E-state index contributed by atoms with van der Waals surface area (Å²) >= 11 is 0. The molecule has 0 aliphatic heterocycles. The molecule has 2 atom stereocenters. The lowest BCUT2D eigenvalue weighted by Gasteiger charge is -2.30. The highest BCUT2D eigenvalue weighted by atomic mass is 16.5. The van der Waals surface area contributed by atoms with E-state index >= 15 is 0 Å². The Balaban J connectivity index is 1.58. The van der Waals surface area contributed by atoms with Gasteiger partial charge in [-0.25, -0.2) is 0 Å². The molecule has 3 rings (SSSR count). The zero-order valence-electron chi connectivity index (χ0n) is 15.0. The molecule has 4 nitrogen and oxygen atoms in total. The standard InChI is InChI=1S/C20H30N2O2/c1-15-7-3-5-9-18(15)21-20(23)14-22(17-11-12-17)13-16-8-4-6-10-19(16)24-2/h4,6,8,10,15,17-18H,3,5,7,9,11-14H2,1-2H3,(H,21,23). The smallest absolute Gasteiger partial charge is 0.234 e. The second-order valence-electron chi connectivity index (χ2n) is 7.38. The number of amides is 1. The molecule has 0 radical (unpaired) electrons. The van der Waals surface area contributed by atoms with E-state index < -0.39 is 0 Å². The van der Waals surface area contributed by atoms with E-state index in [0.29, 0.717) is 24.5 Å². The first-order chi connectivity index (χ1) is 11.7. The molecule has 1 aromatic rings. The van der Waals surface area contributed by atoms with Crippen LogP contribution >= 0.6 is 0 Å². The molecule has 0 heterocycles. The third kappa shape index (κ3) is 4.50. The topological polar surface area (TPSA) is 41.6 Å². The van der Waals surface area contributed by atoms with Gasteiger partial charge in [0.25, 0.3) is 0 Å². The zero-order chi connectivity index (χ0) is 16.9. The Hall–Kier alpha value is -1.55. The molecule has 0 aromatic heterocycles. The van der Waals surface area contributed by atoms with Crippen molar-refractivity contribution in [2.24, 2.45) is 5.92 Å². The maximum atomic E-state index is 12.6. The highest BCUT2D eigenvalue weighted by molar-refractivity contribution is 5.78. The number of hydrogen-bond donors (Lipinski definition) is 1. The van der Waals surface area contributed by atoms with Crippen LogP contribution in [0.1, 0.15) is 51.0 Å². The minimum Gasteiger partial charge on any atom is -0.496 e. The van der Waals surface area contributed by atoms with Crippen LogP contribution < -0.4 is 10.1 Å². The van der Waals surface area contributed by atoms with Crippen LogP contribution in [0.2, 0.25) is 0 Å². The van der Waals surface area contributed by atoms with Gasteiger partial charge in [0.05, 0.1) is 13.7 Å². The van der Waals surface area contributed by atoms with Crippen LogP contribution in [-0.2, 0) is 11.3 Å². The molecular formula is C20H30N2O2. The predicted molar refractivity (Wildman–Crippen MR) is 96.0 cm³/mol. The first-order valence-electron chi connectivity index (χ1n) is 9.32. The molecular weight excluding hydrogens is 300 g/mol. The summed E-state index contributed by atoms with van der Waals surface area (Å²) in [5, 5.41) is 3.28. The van der Waals surface area contributed by atoms with Crippen molar-refractivity contribution in [3.8, 4) is 5.75 Å². The highest BCUT2D eigenvalue weighted by Crippen LogP contribution is 2.30. The van der Waals surface area contributed by atoms with Crippen LogP contribution in [0.3, 0.4) is 0 Å². The van der Waals surface area contributed by atoms with Crippen LogP contribution in [0, 0.1) is 5.92 Å². The summed E-state index contributed by atoms with van der Waals surface area (Å²) in [6, 6.07) is 9.01. The van der Waals surface area contributed by atoms with Gasteiger partial charge in [-0.15, -0.1) is 0 Å². The van der Waals surface area contributed by atoms with Crippen LogP contribution in [0.15, 0.2) is 24.3 Å². The molecule has 0 saturated heterocycles. The fourth-order valence-electron chi connectivity index (χ4n) is 3.77. The molecule has 2 aliphatic rings. The van der Waals surface area contributed by atoms with Gasteiger partial charge in [-0.05, 0) is 37.7 Å². The molecule has 1 N–H and O–H groups in total. The SMILES string of the molecule is COc1ccccc1CN(CC(=O)NC1CCCCC1C)C1CC1. The number of nitrogens with zero attached hydrogens (tertiary/aromatic N) is 1. The van der Waals surface area contributed by atoms with Gasteiger partial charge >= 0.3 is 0 Å². The third-order valence-corrected chi connectivity index (χ3v) is 5.43. The number of hydrogen-bond acceptors (Lipinski definition) is 3. The lowest BCUT2D eigenvalue weighted by molar-refractivity contribution is -0.123. The summed E-state index contributed by atoms with van der Waals surface area (Å²) in [7, 11) is 1.71. The number of rotatable bonds is 7. The number of ether oxygens (including phenoxy) is 1. The molecule has 132 valence electrons. The molecule has 4 heteroatoms. The first kappa shape index (κ1) is 17.3. The van der Waals surface area contributed by atoms with Gasteiger partial charge in [-0.3, -0.25) is 9.69 Å². The van der Waals surface area contributed by atoms with Gasteiger partial charge in [0.1, 0.15) is 5.75 Å². The van der Waals surface area contributed by atoms with Gasteiger partial charge in [0.2, 0.25) is 5.91 Å². The number of methoxy groups -OCH3 is 1. The zero-order valence-corrected chi connectivity index (χ0v) is 15.0. The maximum absolute atomic E-state index is 12.6.